The molecule has 3 aliphatic rings. The fourth-order valence-electron chi connectivity index (χ4n) is 5.56. The molecule has 11 heteroatoms. The van der Waals surface area contributed by atoms with E-state index >= 15 is 4.39 Å². The number of ether oxygens (including phenoxy) is 1. The summed E-state index contributed by atoms with van der Waals surface area (Å²) in [6, 6.07) is 12.5. The van der Waals surface area contributed by atoms with Crippen LogP contribution in [0.1, 0.15) is 30.0 Å². The van der Waals surface area contributed by atoms with Gasteiger partial charge in [0, 0.05) is 36.5 Å². The summed E-state index contributed by atoms with van der Waals surface area (Å²) < 4.78 is 21.2. The number of thioether (sulfide) groups is 1. The normalized spacial score (nSPS) is 21.1. The van der Waals surface area contributed by atoms with Crippen molar-refractivity contribution in [3.8, 4) is 11.5 Å². The minimum absolute atomic E-state index is 0.0519. The highest BCUT2D eigenvalue weighted by Crippen LogP contribution is 2.51. The molecule has 4 amide bonds. The summed E-state index contributed by atoms with van der Waals surface area (Å²) >= 11 is 1.29. The van der Waals surface area contributed by atoms with Gasteiger partial charge in [-0.25, -0.2) is 14.2 Å². The first-order valence-electron chi connectivity index (χ1n) is 13.4. The fraction of sp³-hybridized carbons (Fsp3) is 0.267. The van der Waals surface area contributed by atoms with Crippen LogP contribution in [0, 0.1) is 12.7 Å². The molecule has 1 aromatic heterocycles. The zero-order valence-corrected chi connectivity index (χ0v) is 23.1. The van der Waals surface area contributed by atoms with Gasteiger partial charge in [0.05, 0.1) is 17.4 Å². The van der Waals surface area contributed by atoms with Gasteiger partial charge in [-0.15, -0.1) is 0 Å². The Balaban J connectivity index is 1.25. The number of nitrogens with zero attached hydrogens (tertiary/aromatic N) is 3. The van der Waals surface area contributed by atoms with Crippen molar-refractivity contribution in [2.24, 2.45) is 0 Å². The van der Waals surface area contributed by atoms with Crippen molar-refractivity contribution in [2.45, 2.75) is 42.1 Å². The molecule has 2 unspecified atom stereocenters. The Labute approximate surface area is 240 Å². The van der Waals surface area contributed by atoms with Gasteiger partial charge in [-0.2, -0.15) is 0 Å². The fourth-order valence-corrected chi connectivity index (χ4v) is 6.79. The summed E-state index contributed by atoms with van der Waals surface area (Å²) in [5.74, 6) is -0.420. The Morgan fingerprint density at radius 1 is 1.20 bits per heavy atom. The van der Waals surface area contributed by atoms with E-state index in [1.165, 1.54) is 28.8 Å². The highest BCUT2D eigenvalue weighted by atomic mass is 32.2. The summed E-state index contributed by atoms with van der Waals surface area (Å²) in [4.78, 5) is 46.7. The van der Waals surface area contributed by atoms with E-state index in [0.717, 1.165) is 12.8 Å². The topological polar surface area (TPSA) is 104 Å². The number of benzene rings is 2. The van der Waals surface area contributed by atoms with Crippen molar-refractivity contribution in [2.75, 3.05) is 18.0 Å². The van der Waals surface area contributed by atoms with Crippen LogP contribution >= 0.6 is 11.8 Å². The molecule has 9 nitrogen and oxygen atoms in total. The maximum atomic E-state index is 15.5. The second kappa shape index (κ2) is 10.9. The molecule has 2 aromatic carbocycles. The maximum absolute atomic E-state index is 15.5. The van der Waals surface area contributed by atoms with E-state index < -0.39 is 23.1 Å². The lowest BCUT2D eigenvalue weighted by atomic mass is 9.98. The van der Waals surface area contributed by atoms with Gasteiger partial charge in [0.25, 0.3) is 0 Å². The number of halogens is 1. The van der Waals surface area contributed by atoms with Crippen LogP contribution in [0.5, 0.6) is 11.5 Å². The van der Waals surface area contributed by atoms with Crippen LogP contribution in [0.3, 0.4) is 0 Å². The zero-order chi connectivity index (χ0) is 28.7. The molecule has 0 saturated carbocycles. The second-order valence-electron chi connectivity index (χ2n) is 10.1. The number of pyridine rings is 1. The average Bonchev–Trinajstić information content (AvgIpc) is 3.36. The largest absolute Gasteiger partial charge is 0.454 e. The number of likely N-dealkylation sites (tertiary alicyclic amines) is 1. The highest BCUT2D eigenvalue weighted by Gasteiger charge is 2.47. The van der Waals surface area contributed by atoms with Crippen LogP contribution in [0.15, 0.2) is 72.4 Å². The van der Waals surface area contributed by atoms with E-state index in [2.05, 4.69) is 22.2 Å². The molecule has 6 rings (SSSR count). The van der Waals surface area contributed by atoms with E-state index in [4.69, 9.17) is 4.74 Å². The molecule has 210 valence electrons. The summed E-state index contributed by atoms with van der Waals surface area (Å²) in [6.07, 6.45) is 4.39. The average molecular weight is 574 g/mol. The number of rotatable bonds is 6. The molecule has 3 aliphatic heterocycles. The standard InChI is InChI=1S/C30H28FN5O4S/c1-3-23(37)35-15-7-8-18(16-35)33-28(38)27-26-24-21(13-14-32-29(24)41-27)36(30(39)34-26)20-11-12-22(25(31)17(20)2)40-19-9-5-4-6-10-19/h3-6,9-14,18,26-27H,1,7-8,15-16H2,2H3,(H,33,38)(H,34,39)/t18?,26?,27-/m1/s1. The zero-order valence-electron chi connectivity index (χ0n) is 22.3. The number of amides is 4. The number of aromatic nitrogens is 1. The number of carbonyl (C=O) groups is 3. The van der Waals surface area contributed by atoms with Crippen molar-refractivity contribution in [1.82, 2.24) is 20.5 Å². The van der Waals surface area contributed by atoms with E-state index in [1.807, 2.05) is 6.07 Å². The summed E-state index contributed by atoms with van der Waals surface area (Å²) in [7, 11) is 0. The molecular weight excluding hydrogens is 545 g/mol. The first kappa shape index (κ1) is 26.8. The van der Waals surface area contributed by atoms with Gasteiger partial charge < -0.3 is 20.3 Å². The monoisotopic (exact) mass is 573 g/mol. The van der Waals surface area contributed by atoms with Gasteiger partial charge in [-0.05, 0) is 56.2 Å². The molecule has 4 heterocycles. The van der Waals surface area contributed by atoms with Crippen LogP contribution in [0.2, 0.25) is 0 Å². The maximum Gasteiger partial charge on any atom is 0.327 e. The lowest BCUT2D eigenvalue weighted by molar-refractivity contribution is -0.129. The second-order valence-corrected chi connectivity index (χ2v) is 11.3. The summed E-state index contributed by atoms with van der Waals surface area (Å²) in [5, 5.41) is 6.02. The first-order chi connectivity index (χ1) is 19.9. The molecule has 0 radical (unpaired) electrons. The third-order valence-corrected chi connectivity index (χ3v) is 8.84. The number of anilines is 2. The molecule has 41 heavy (non-hydrogen) atoms. The molecule has 0 aliphatic carbocycles. The van der Waals surface area contributed by atoms with Crippen molar-refractivity contribution in [3.05, 3.63) is 84.3 Å². The molecule has 0 spiro atoms. The predicted octanol–water partition coefficient (Wildman–Crippen LogP) is 4.99. The van der Waals surface area contributed by atoms with Crippen molar-refractivity contribution < 1.29 is 23.5 Å². The van der Waals surface area contributed by atoms with Gasteiger partial charge in [0.15, 0.2) is 11.6 Å². The minimum Gasteiger partial charge on any atom is -0.454 e. The molecule has 1 fully saturated rings. The van der Waals surface area contributed by atoms with Gasteiger partial charge >= 0.3 is 6.03 Å². The van der Waals surface area contributed by atoms with Crippen LogP contribution in [-0.4, -0.2) is 52.1 Å². The van der Waals surface area contributed by atoms with Crippen molar-refractivity contribution >= 4 is 41.0 Å². The van der Waals surface area contributed by atoms with Crippen LogP contribution in [0.25, 0.3) is 0 Å². The first-order valence-corrected chi connectivity index (χ1v) is 14.2. The lowest BCUT2D eigenvalue weighted by Crippen LogP contribution is -2.53. The Morgan fingerprint density at radius 3 is 2.78 bits per heavy atom. The number of piperidine rings is 1. The Morgan fingerprint density at radius 2 is 2.00 bits per heavy atom. The van der Waals surface area contributed by atoms with Gasteiger partial charge in [-0.1, -0.05) is 36.5 Å². The van der Waals surface area contributed by atoms with E-state index in [-0.39, 0.29) is 29.2 Å². The number of para-hydroxylation sites is 1. The Hall–Kier alpha value is -4.38. The van der Waals surface area contributed by atoms with Gasteiger partial charge in [0.1, 0.15) is 16.0 Å². The van der Waals surface area contributed by atoms with Crippen LogP contribution in [-0.2, 0) is 9.59 Å². The van der Waals surface area contributed by atoms with E-state index in [0.29, 0.717) is 40.8 Å². The molecular formula is C30H28FN5O4S. The van der Waals surface area contributed by atoms with Crippen LogP contribution in [0.4, 0.5) is 20.6 Å². The van der Waals surface area contributed by atoms with Gasteiger partial charge in [0.2, 0.25) is 11.8 Å². The quantitative estimate of drug-likeness (QED) is 0.403. The number of hydrogen-bond donors (Lipinski definition) is 2. The third-order valence-electron chi connectivity index (χ3n) is 7.55. The number of urea groups is 1. The third kappa shape index (κ3) is 4.90. The lowest BCUT2D eigenvalue weighted by Gasteiger charge is -2.36. The van der Waals surface area contributed by atoms with E-state index in [9.17, 15) is 14.4 Å². The molecule has 2 N–H and O–H groups in total. The number of carbonyl (C=O) groups excluding carboxylic acids is 3. The number of nitrogens with one attached hydrogen (secondary N) is 2. The Bertz CT molecular complexity index is 1550. The molecule has 3 aromatic rings. The van der Waals surface area contributed by atoms with Crippen LogP contribution < -0.4 is 20.3 Å². The SMILES string of the molecule is C=CC(=O)N1CCCC(NC(=O)[C@@H]2Sc3nccc4c3C2NC(=O)N4c2ccc(Oc3ccccc3)c(F)c2C)C1. The predicted molar refractivity (Wildman–Crippen MR) is 153 cm³/mol. The summed E-state index contributed by atoms with van der Waals surface area (Å²) in [6.45, 7) is 6.18. The van der Waals surface area contributed by atoms with Gasteiger partial charge in [-0.3, -0.25) is 14.5 Å². The molecule has 3 atom stereocenters. The smallest absolute Gasteiger partial charge is 0.327 e. The summed E-state index contributed by atoms with van der Waals surface area (Å²) in [5.41, 5.74) is 1.87. The van der Waals surface area contributed by atoms with E-state index in [1.54, 1.807) is 54.4 Å². The molecule has 0 bridgehead atoms. The van der Waals surface area contributed by atoms with Crippen molar-refractivity contribution in [3.63, 3.8) is 0 Å². The molecule has 1 saturated heterocycles. The minimum atomic E-state index is -0.644. The highest BCUT2D eigenvalue weighted by molar-refractivity contribution is 8.01. The van der Waals surface area contributed by atoms with Crippen molar-refractivity contribution in [1.29, 1.82) is 0 Å². The number of hydrogen-bond acceptors (Lipinski definition) is 6. The Kier molecular flexibility index (Phi) is 7.12.